The molecule has 2 rings (SSSR count). The first-order chi connectivity index (χ1) is 12.0. The van der Waals surface area contributed by atoms with Crippen molar-refractivity contribution in [1.29, 1.82) is 0 Å². The number of amides is 2. The fourth-order valence-electron chi connectivity index (χ4n) is 2.00. The van der Waals surface area contributed by atoms with E-state index in [0.29, 0.717) is 13.0 Å². The molecule has 8 heteroatoms. The molecule has 134 valence electrons. The van der Waals surface area contributed by atoms with Gasteiger partial charge >= 0.3 is 6.03 Å². The Labute approximate surface area is 147 Å². The summed E-state index contributed by atoms with van der Waals surface area (Å²) in [6, 6.07) is 7.55. The molecule has 2 N–H and O–H groups in total. The minimum absolute atomic E-state index is 0.00557. The molecule has 0 bridgehead atoms. The summed E-state index contributed by atoms with van der Waals surface area (Å²) < 4.78 is 44.4. The van der Waals surface area contributed by atoms with Crippen molar-refractivity contribution in [3.63, 3.8) is 0 Å². The Balaban J connectivity index is 1.71. The molecule has 0 aromatic heterocycles. The molecule has 0 spiro atoms. The van der Waals surface area contributed by atoms with Gasteiger partial charge in [-0.15, -0.1) is 11.8 Å². The Morgan fingerprint density at radius 2 is 1.76 bits per heavy atom. The molecule has 0 aliphatic rings. The van der Waals surface area contributed by atoms with Crippen molar-refractivity contribution in [2.75, 3.05) is 24.7 Å². The van der Waals surface area contributed by atoms with E-state index in [2.05, 4.69) is 15.4 Å². The number of carbonyl (C=O) groups excluding carboxylic acids is 1. The fraction of sp³-hybridized carbons (Fsp3) is 0.235. The van der Waals surface area contributed by atoms with E-state index in [1.165, 1.54) is 12.1 Å². The minimum Gasteiger partial charge on any atom is -0.491 e. The predicted octanol–water partition coefficient (Wildman–Crippen LogP) is 4.42. The number of benzene rings is 2. The summed E-state index contributed by atoms with van der Waals surface area (Å²) in [5.41, 5.74) is -0.00557. The third kappa shape index (κ3) is 5.90. The van der Waals surface area contributed by atoms with Crippen LogP contribution in [0.5, 0.6) is 5.75 Å². The standard InChI is InChI=1S/C17H17F3N2O2S/c1-24-16-14(19)9-12(10-15(16)20)22-17(23)21-7-2-8-25-13-5-3-11(18)4-6-13/h3-6,9-10H,2,7-8H2,1H3,(H2,21,22,23). The van der Waals surface area contributed by atoms with Crippen molar-refractivity contribution in [3.05, 3.63) is 53.8 Å². The molecule has 0 saturated heterocycles. The number of thioether (sulfide) groups is 1. The Hall–Kier alpha value is -2.35. The van der Waals surface area contributed by atoms with Gasteiger partial charge in [-0.1, -0.05) is 0 Å². The van der Waals surface area contributed by atoms with Crippen molar-refractivity contribution in [1.82, 2.24) is 5.32 Å². The van der Waals surface area contributed by atoms with E-state index in [4.69, 9.17) is 0 Å². The van der Waals surface area contributed by atoms with Gasteiger partial charge in [0.2, 0.25) is 0 Å². The van der Waals surface area contributed by atoms with Crippen LogP contribution >= 0.6 is 11.8 Å². The maximum atomic E-state index is 13.5. The van der Waals surface area contributed by atoms with E-state index in [1.54, 1.807) is 23.9 Å². The molecule has 4 nitrogen and oxygen atoms in total. The second kappa shape index (κ2) is 9.22. The first-order valence-corrected chi connectivity index (χ1v) is 8.44. The molecular weight excluding hydrogens is 353 g/mol. The quantitative estimate of drug-likeness (QED) is 0.560. The van der Waals surface area contributed by atoms with Crippen LogP contribution in [0, 0.1) is 17.5 Å². The van der Waals surface area contributed by atoms with Gasteiger partial charge in [-0.05, 0) is 36.4 Å². The zero-order valence-corrected chi connectivity index (χ0v) is 14.3. The molecule has 2 aromatic carbocycles. The lowest BCUT2D eigenvalue weighted by Crippen LogP contribution is -2.29. The Morgan fingerprint density at radius 1 is 1.12 bits per heavy atom. The van der Waals surface area contributed by atoms with Gasteiger partial charge in [0.15, 0.2) is 17.4 Å². The van der Waals surface area contributed by atoms with Gasteiger partial charge in [0.05, 0.1) is 7.11 Å². The Morgan fingerprint density at radius 3 is 2.36 bits per heavy atom. The molecule has 0 aliphatic carbocycles. The number of ether oxygens (including phenoxy) is 1. The van der Waals surface area contributed by atoms with Crippen molar-refractivity contribution in [2.24, 2.45) is 0 Å². The van der Waals surface area contributed by atoms with Gasteiger partial charge in [0, 0.05) is 29.3 Å². The van der Waals surface area contributed by atoms with Gasteiger partial charge in [-0.2, -0.15) is 0 Å². The molecule has 0 heterocycles. The summed E-state index contributed by atoms with van der Waals surface area (Å²) in [5, 5.41) is 4.95. The van der Waals surface area contributed by atoms with Crippen molar-refractivity contribution >= 4 is 23.5 Å². The van der Waals surface area contributed by atoms with Crippen LogP contribution in [-0.2, 0) is 0 Å². The van der Waals surface area contributed by atoms with Crippen LogP contribution in [0.1, 0.15) is 6.42 Å². The molecule has 2 aromatic rings. The summed E-state index contributed by atoms with van der Waals surface area (Å²) in [4.78, 5) is 12.7. The normalized spacial score (nSPS) is 10.4. The van der Waals surface area contributed by atoms with E-state index < -0.39 is 23.4 Å². The second-order valence-corrected chi connectivity index (χ2v) is 6.18. The van der Waals surface area contributed by atoms with Crippen molar-refractivity contribution < 1.29 is 22.7 Å². The zero-order valence-electron chi connectivity index (χ0n) is 13.4. The van der Waals surface area contributed by atoms with Gasteiger partial charge in [-0.3, -0.25) is 0 Å². The molecule has 0 atom stereocenters. The topological polar surface area (TPSA) is 50.4 Å². The highest BCUT2D eigenvalue weighted by molar-refractivity contribution is 7.99. The van der Waals surface area contributed by atoms with Gasteiger partial charge in [-0.25, -0.2) is 18.0 Å². The van der Waals surface area contributed by atoms with E-state index in [9.17, 15) is 18.0 Å². The minimum atomic E-state index is -0.895. The van der Waals surface area contributed by atoms with E-state index in [0.717, 1.165) is 29.9 Å². The molecule has 0 unspecified atom stereocenters. The third-order valence-electron chi connectivity index (χ3n) is 3.15. The van der Waals surface area contributed by atoms with Crippen LogP contribution in [0.25, 0.3) is 0 Å². The average molecular weight is 370 g/mol. The molecule has 0 radical (unpaired) electrons. The first-order valence-electron chi connectivity index (χ1n) is 7.46. The Bertz CT molecular complexity index is 703. The van der Waals surface area contributed by atoms with Crippen LogP contribution in [0.4, 0.5) is 23.7 Å². The van der Waals surface area contributed by atoms with Crippen LogP contribution in [0.2, 0.25) is 0 Å². The van der Waals surface area contributed by atoms with Crippen molar-refractivity contribution in [3.8, 4) is 5.75 Å². The monoisotopic (exact) mass is 370 g/mol. The van der Waals surface area contributed by atoms with Gasteiger partial charge < -0.3 is 15.4 Å². The zero-order chi connectivity index (χ0) is 18.2. The molecule has 25 heavy (non-hydrogen) atoms. The number of methoxy groups -OCH3 is 1. The second-order valence-electron chi connectivity index (χ2n) is 5.01. The number of carbonyl (C=O) groups is 1. The summed E-state index contributed by atoms with van der Waals surface area (Å²) in [7, 11) is 1.16. The SMILES string of the molecule is COc1c(F)cc(NC(=O)NCCCSc2ccc(F)cc2)cc1F. The van der Waals surface area contributed by atoms with Crippen molar-refractivity contribution in [2.45, 2.75) is 11.3 Å². The highest BCUT2D eigenvalue weighted by atomic mass is 32.2. The van der Waals surface area contributed by atoms with E-state index in [-0.39, 0.29) is 11.5 Å². The number of anilines is 1. The number of hydrogen-bond acceptors (Lipinski definition) is 3. The number of halogens is 3. The van der Waals surface area contributed by atoms with Crippen LogP contribution in [0.15, 0.2) is 41.3 Å². The first kappa shape index (κ1) is 19.0. The lowest BCUT2D eigenvalue weighted by atomic mass is 10.2. The number of urea groups is 1. The lowest BCUT2D eigenvalue weighted by molar-refractivity contribution is 0.252. The molecular formula is C17H17F3N2O2S. The van der Waals surface area contributed by atoms with Crippen LogP contribution < -0.4 is 15.4 Å². The molecule has 0 fully saturated rings. The largest absolute Gasteiger partial charge is 0.491 e. The van der Waals surface area contributed by atoms with E-state index in [1.807, 2.05) is 0 Å². The summed E-state index contributed by atoms with van der Waals surface area (Å²) in [6.07, 6.45) is 0.681. The summed E-state index contributed by atoms with van der Waals surface area (Å²) >= 11 is 1.54. The van der Waals surface area contributed by atoms with Crippen LogP contribution in [-0.4, -0.2) is 25.4 Å². The Kier molecular flexibility index (Phi) is 7.00. The molecule has 0 aliphatic heterocycles. The highest BCUT2D eigenvalue weighted by Gasteiger charge is 2.12. The lowest BCUT2D eigenvalue weighted by Gasteiger charge is -2.10. The summed E-state index contributed by atoms with van der Waals surface area (Å²) in [5.74, 6) is -1.84. The fourth-order valence-corrected chi connectivity index (χ4v) is 2.85. The third-order valence-corrected chi connectivity index (χ3v) is 4.25. The number of nitrogens with one attached hydrogen (secondary N) is 2. The number of hydrogen-bond donors (Lipinski definition) is 2. The maximum absolute atomic E-state index is 13.5. The van der Waals surface area contributed by atoms with E-state index >= 15 is 0 Å². The maximum Gasteiger partial charge on any atom is 0.319 e. The number of rotatable bonds is 7. The summed E-state index contributed by atoms with van der Waals surface area (Å²) in [6.45, 7) is 0.390. The molecule has 0 saturated carbocycles. The smallest absolute Gasteiger partial charge is 0.319 e. The predicted molar refractivity (Wildman–Crippen MR) is 91.7 cm³/mol. The highest BCUT2D eigenvalue weighted by Crippen LogP contribution is 2.25. The molecule has 2 amide bonds. The average Bonchev–Trinajstić information content (AvgIpc) is 2.56. The van der Waals surface area contributed by atoms with Gasteiger partial charge in [0.25, 0.3) is 0 Å². The van der Waals surface area contributed by atoms with Crippen LogP contribution in [0.3, 0.4) is 0 Å². The van der Waals surface area contributed by atoms with Gasteiger partial charge in [0.1, 0.15) is 5.82 Å².